The number of carbonyl (C=O) groups excluding carboxylic acids is 1. The number of ether oxygens (including phenoxy) is 2. The first-order chi connectivity index (χ1) is 18.4. The van der Waals surface area contributed by atoms with Crippen LogP contribution < -0.4 is 20.5 Å². The number of imidazole rings is 1. The van der Waals surface area contributed by atoms with Crippen molar-refractivity contribution < 1.29 is 28.2 Å². The predicted octanol–water partition coefficient (Wildman–Crippen LogP) is 5.21. The van der Waals surface area contributed by atoms with Crippen LogP contribution in [-0.2, 0) is 24.4 Å². The molecule has 0 saturated heterocycles. The van der Waals surface area contributed by atoms with Gasteiger partial charge in [0, 0.05) is 29.9 Å². The molecule has 0 saturated carbocycles. The summed E-state index contributed by atoms with van der Waals surface area (Å²) < 4.78 is 39.5. The fourth-order valence-electron chi connectivity index (χ4n) is 4.06. The van der Waals surface area contributed by atoms with Crippen LogP contribution in [0.4, 0.5) is 8.78 Å². The van der Waals surface area contributed by atoms with Gasteiger partial charge in [0.1, 0.15) is 23.3 Å². The van der Waals surface area contributed by atoms with Crippen molar-refractivity contribution >= 4 is 22.9 Å². The van der Waals surface area contributed by atoms with Gasteiger partial charge >= 0.3 is 6.61 Å². The van der Waals surface area contributed by atoms with E-state index < -0.39 is 18.6 Å². The molecule has 0 aliphatic rings. The lowest BCUT2D eigenvalue weighted by atomic mass is 10.0. The number of amides is 1. The number of nitrogens with zero attached hydrogens (tertiary/aromatic N) is 2. The molecule has 0 bridgehead atoms. The van der Waals surface area contributed by atoms with Crippen molar-refractivity contribution in [3.63, 3.8) is 0 Å². The summed E-state index contributed by atoms with van der Waals surface area (Å²) in [5, 5.41) is 12.9. The van der Waals surface area contributed by atoms with Crippen molar-refractivity contribution in [1.82, 2.24) is 14.7 Å². The van der Waals surface area contributed by atoms with E-state index in [-0.39, 0.29) is 24.3 Å². The summed E-state index contributed by atoms with van der Waals surface area (Å²) in [4.78, 5) is 17.6. The first-order valence-electron chi connectivity index (χ1n) is 12.4. The molecule has 3 heterocycles. The number of nitrogens with two attached hydrogens (primary N) is 1. The minimum absolute atomic E-state index is 0.0240. The topological polar surface area (TPSA) is 111 Å². The monoisotopic (exact) mass is 558 g/mol. The van der Waals surface area contributed by atoms with Crippen molar-refractivity contribution in [2.24, 2.45) is 5.73 Å². The number of carbonyl (C=O) groups is 1. The van der Waals surface area contributed by atoms with E-state index in [1.807, 2.05) is 31.2 Å². The van der Waals surface area contributed by atoms with Gasteiger partial charge in [0.2, 0.25) is 5.91 Å². The molecule has 1 atom stereocenters. The highest BCUT2D eigenvalue weighted by Gasteiger charge is 2.22. The maximum absolute atomic E-state index is 13.3. The van der Waals surface area contributed by atoms with E-state index in [1.165, 1.54) is 11.3 Å². The summed E-state index contributed by atoms with van der Waals surface area (Å²) >= 11 is 1.33. The summed E-state index contributed by atoms with van der Waals surface area (Å²) in [7, 11) is 0. The Hall–Kier alpha value is -3.54. The third-order valence-corrected chi connectivity index (χ3v) is 7.10. The maximum atomic E-state index is 13.3. The van der Waals surface area contributed by atoms with Crippen molar-refractivity contribution in [3.05, 3.63) is 70.4 Å². The third-order valence-electron chi connectivity index (χ3n) is 5.97. The second-order valence-corrected chi connectivity index (χ2v) is 11.4. The SMILES string of the molecule is C[C@@H](Oc1cc(-c2cnc3ccc(CO)cn23)sc1CC(N)=O)c1ccc(CNC(C)(C)C)cc1OC(F)F. The quantitative estimate of drug-likeness (QED) is 0.233. The maximum Gasteiger partial charge on any atom is 0.387 e. The molecular weight excluding hydrogens is 526 g/mol. The highest BCUT2D eigenvalue weighted by molar-refractivity contribution is 7.15. The molecule has 208 valence electrons. The van der Waals surface area contributed by atoms with Gasteiger partial charge in [-0.15, -0.1) is 11.3 Å². The number of pyridine rings is 1. The van der Waals surface area contributed by atoms with Gasteiger partial charge in [0.15, 0.2) is 0 Å². The molecule has 0 spiro atoms. The number of aromatic nitrogens is 2. The molecule has 11 heteroatoms. The minimum atomic E-state index is -3.00. The van der Waals surface area contributed by atoms with Crippen LogP contribution in [0, 0.1) is 0 Å². The van der Waals surface area contributed by atoms with Crippen LogP contribution in [0.1, 0.15) is 55.4 Å². The molecule has 4 N–H and O–H groups in total. The summed E-state index contributed by atoms with van der Waals surface area (Å²) in [6.45, 7) is 5.14. The number of primary amides is 1. The average Bonchev–Trinajstić information content (AvgIpc) is 3.44. The van der Waals surface area contributed by atoms with Gasteiger partial charge in [-0.05, 0) is 51.0 Å². The lowest BCUT2D eigenvalue weighted by Crippen LogP contribution is -2.35. The number of halogens is 2. The van der Waals surface area contributed by atoms with Gasteiger partial charge in [-0.1, -0.05) is 18.2 Å². The number of rotatable bonds is 11. The van der Waals surface area contributed by atoms with E-state index >= 15 is 0 Å². The molecule has 0 aliphatic heterocycles. The zero-order valence-electron chi connectivity index (χ0n) is 22.2. The Labute approximate surface area is 229 Å². The lowest BCUT2D eigenvalue weighted by molar-refractivity contribution is -0.117. The van der Waals surface area contributed by atoms with E-state index in [9.17, 15) is 18.7 Å². The number of hydrogen-bond acceptors (Lipinski definition) is 7. The second-order valence-electron chi connectivity index (χ2n) is 10.2. The van der Waals surface area contributed by atoms with Gasteiger partial charge in [0.05, 0.1) is 34.7 Å². The van der Waals surface area contributed by atoms with Crippen molar-refractivity contribution in [3.8, 4) is 22.1 Å². The molecule has 39 heavy (non-hydrogen) atoms. The Morgan fingerprint density at radius 3 is 2.56 bits per heavy atom. The summed E-state index contributed by atoms with van der Waals surface area (Å²) in [6, 6.07) is 10.5. The molecular formula is C28H32F2N4O4S. The number of aliphatic hydroxyl groups excluding tert-OH is 1. The highest BCUT2D eigenvalue weighted by Crippen LogP contribution is 2.40. The van der Waals surface area contributed by atoms with Gasteiger partial charge in [-0.3, -0.25) is 9.20 Å². The smallest absolute Gasteiger partial charge is 0.387 e. The lowest BCUT2D eigenvalue weighted by Gasteiger charge is -2.22. The van der Waals surface area contributed by atoms with Crippen LogP contribution in [0.3, 0.4) is 0 Å². The summed E-state index contributed by atoms with van der Waals surface area (Å²) in [5.41, 5.74) is 8.74. The zero-order valence-corrected chi connectivity index (χ0v) is 23.0. The van der Waals surface area contributed by atoms with Crippen molar-refractivity contribution in [2.75, 3.05) is 0 Å². The predicted molar refractivity (Wildman–Crippen MR) is 146 cm³/mol. The van der Waals surface area contributed by atoms with Crippen LogP contribution in [0.25, 0.3) is 16.2 Å². The van der Waals surface area contributed by atoms with Gasteiger partial charge in [-0.2, -0.15) is 8.78 Å². The van der Waals surface area contributed by atoms with Gasteiger partial charge in [0.25, 0.3) is 0 Å². The number of alkyl halides is 2. The van der Waals surface area contributed by atoms with E-state index in [0.29, 0.717) is 33.9 Å². The first kappa shape index (κ1) is 28.5. The standard InChI is InChI=1S/C28H32F2N4O4S/c1-16(19-7-5-17(12-33-28(2,3)4)9-21(19)38-27(29)30)37-22-10-23(39-24(22)11-25(31)36)20-13-32-26-8-6-18(15-35)14-34(20)26/h5-10,13-14,16,27,33,35H,11-12,15H2,1-4H3,(H2,31,36)/t16-/m1/s1. The van der Waals surface area contributed by atoms with Gasteiger partial charge in [-0.25, -0.2) is 4.98 Å². The average molecular weight is 559 g/mol. The number of fused-ring (bicyclic) bond motifs is 1. The molecule has 0 radical (unpaired) electrons. The number of hydrogen-bond donors (Lipinski definition) is 3. The second kappa shape index (κ2) is 11.7. The molecule has 4 aromatic rings. The van der Waals surface area contributed by atoms with E-state index in [0.717, 1.165) is 16.1 Å². The van der Waals surface area contributed by atoms with E-state index in [1.54, 1.807) is 49.6 Å². The first-order valence-corrected chi connectivity index (χ1v) is 13.2. The number of aliphatic hydroxyl groups is 1. The van der Waals surface area contributed by atoms with Crippen LogP contribution in [0.2, 0.25) is 0 Å². The Morgan fingerprint density at radius 2 is 1.90 bits per heavy atom. The number of thiophene rings is 1. The molecule has 3 aromatic heterocycles. The number of nitrogens with one attached hydrogen (secondary N) is 1. The van der Waals surface area contributed by atoms with E-state index in [4.69, 9.17) is 15.2 Å². The fraction of sp³-hybridized carbons (Fsp3) is 0.357. The molecule has 8 nitrogen and oxygen atoms in total. The molecule has 0 unspecified atom stereocenters. The molecule has 1 aromatic carbocycles. The summed E-state index contributed by atoms with van der Waals surface area (Å²) in [6.07, 6.45) is 2.75. The van der Waals surface area contributed by atoms with Crippen LogP contribution in [-0.4, -0.2) is 32.5 Å². The zero-order chi connectivity index (χ0) is 28.3. The highest BCUT2D eigenvalue weighted by atomic mass is 32.1. The van der Waals surface area contributed by atoms with E-state index in [2.05, 4.69) is 10.3 Å². The number of benzene rings is 1. The minimum Gasteiger partial charge on any atom is -0.485 e. The molecule has 4 rings (SSSR count). The van der Waals surface area contributed by atoms with Crippen molar-refractivity contribution in [2.45, 2.75) is 65.5 Å². The Morgan fingerprint density at radius 1 is 1.15 bits per heavy atom. The Kier molecular flexibility index (Phi) is 8.53. The fourth-order valence-corrected chi connectivity index (χ4v) is 5.17. The molecule has 1 amide bonds. The van der Waals surface area contributed by atoms with Crippen LogP contribution in [0.5, 0.6) is 11.5 Å². The Bertz CT molecular complexity index is 1460. The summed E-state index contributed by atoms with van der Waals surface area (Å²) in [5.74, 6) is -0.0917. The normalized spacial score (nSPS) is 12.7. The molecule has 0 aliphatic carbocycles. The van der Waals surface area contributed by atoms with Crippen LogP contribution >= 0.6 is 11.3 Å². The van der Waals surface area contributed by atoms with Crippen LogP contribution in [0.15, 0.2) is 48.8 Å². The largest absolute Gasteiger partial charge is 0.485 e. The van der Waals surface area contributed by atoms with Gasteiger partial charge < -0.3 is 25.6 Å². The van der Waals surface area contributed by atoms with Crippen molar-refractivity contribution in [1.29, 1.82) is 0 Å². The molecule has 0 fully saturated rings. The third kappa shape index (κ3) is 7.11. The Balaban J connectivity index is 1.66.